The van der Waals surface area contributed by atoms with Crippen LogP contribution in [0.4, 0.5) is 0 Å². The number of carbonyl (C=O) groups excluding carboxylic acids is 4. The summed E-state index contributed by atoms with van der Waals surface area (Å²) in [4.78, 5) is 72.1. The molecule has 0 aliphatic carbocycles. The highest BCUT2D eigenvalue weighted by Gasteiger charge is 2.30. The van der Waals surface area contributed by atoms with Crippen LogP contribution in [0.1, 0.15) is 323 Å². The van der Waals surface area contributed by atoms with E-state index in [1.165, 1.54) is 148 Å². The van der Waals surface area contributed by atoms with E-state index in [0.717, 1.165) is 96.3 Å². The average molecular weight is 1210 g/mol. The number of hydrogen-bond acceptors (Lipinski definition) is 15. The highest BCUT2D eigenvalue weighted by atomic mass is 31.2. The summed E-state index contributed by atoms with van der Waals surface area (Å²) in [5.74, 6) is -2.13. The van der Waals surface area contributed by atoms with Crippen LogP contribution >= 0.6 is 15.6 Å². The van der Waals surface area contributed by atoms with Crippen molar-refractivity contribution >= 4 is 39.5 Å². The third-order valence-corrected chi connectivity index (χ3v) is 16.5. The molecule has 0 radical (unpaired) electrons. The molecular formula is C63H122O17P2. The number of aliphatic hydroxyl groups is 1. The Labute approximate surface area is 498 Å². The molecule has 17 nitrogen and oxygen atoms in total. The Kier molecular flexibility index (Phi) is 56.7. The minimum absolute atomic E-state index is 0.107. The fraction of sp³-hybridized carbons (Fsp3) is 0.937. The molecule has 0 heterocycles. The van der Waals surface area contributed by atoms with Gasteiger partial charge in [0.25, 0.3) is 0 Å². The average Bonchev–Trinajstić information content (AvgIpc) is 3.47. The molecule has 0 aromatic rings. The quantitative estimate of drug-likeness (QED) is 0.0222. The third-order valence-electron chi connectivity index (χ3n) is 14.6. The van der Waals surface area contributed by atoms with Gasteiger partial charge in [0.15, 0.2) is 12.2 Å². The number of phosphoric ester groups is 2. The van der Waals surface area contributed by atoms with Crippen molar-refractivity contribution < 1.29 is 80.2 Å². The van der Waals surface area contributed by atoms with Gasteiger partial charge in [-0.25, -0.2) is 9.13 Å². The molecule has 0 bridgehead atoms. The second-order valence-electron chi connectivity index (χ2n) is 22.8. The molecule has 0 aromatic carbocycles. The molecule has 0 aromatic heterocycles. The third kappa shape index (κ3) is 57.2. The Hall–Kier alpha value is -1.94. The van der Waals surface area contributed by atoms with Crippen molar-refractivity contribution in [3.63, 3.8) is 0 Å². The van der Waals surface area contributed by atoms with Crippen molar-refractivity contribution in [1.82, 2.24) is 0 Å². The minimum atomic E-state index is -4.94. The van der Waals surface area contributed by atoms with Crippen LogP contribution in [0.5, 0.6) is 0 Å². The van der Waals surface area contributed by atoms with E-state index in [1.54, 1.807) is 0 Å². The molecule has 82 heavy (non-hydrogen) atoms. The number of unbranched alkanes of at least 4 members (excludes halogenated alkanes) is 38. The summed E-state index contributed by atoms with van der Waals surface area (Å²) < 4.78 is 67.9. The lowest BCUT2D eigenvalue weighted by Gasteiger charge is -2.21. The monoisotopic (exact) mass is 1210 g/mol. The van der Waals surface area contributed by atoms with Gasteiger partial charge in [-0.1, -0.05) is 272 Å². The van der Waals surface area contributed by atoms with Crippen LogP contribution in [0.2, 0.25) is 0 Å². The summed E-state index contributed by atoms with van der Waals surface area (Å²) in [6.07, 6.45) is 42.9. The summed E-state index contributed by atoms with van der Waals surface area (Å²) in [6, 6.07) is 0. The second kappa shape index (κ2) is 58.1. The fourth-order valence-corrected chi connectivity index (χ4v) is 11.0. The molecule has 0 fully saturated rings. The molecule has 3 N–H and O–H groups in total. The van der Waals surface area contributed by atoms with Crippen LogP contribution in [0.25, 0.3) is 0 Å². The molecule has 0 saturated heterocycles. The highest BCUT2D eigenvalue weighted by molar-refractivity contribution is 7.47. The van der Waals surface area contributed by atoms with Crippen LogP contribution < -0.4 is 0 Å². The van der Waals surface area contributed by atoms with Gasteiger partial charge in [-0.05, 0) is 25.7 Å². The number of phosphoric acid groups is 2. The first-order valence-corrected chi connectivity index (χ1v) is 36.3. The van der Waals surface area contributed by atoms with E-state index in [4.69, 9.17) is 37.0 Å². The van der Waals surface area contributed by atoms with E-state index < -0.39 is 97.5 Å². The van der Waals surface area contributed by atoms with E-state index in [0.29, 0.717) is 25.7 Å². The Balaban J connectivity index is 5.22. The van der Waals surface area contributed by atoms with Gasteiger partial charge in [0.2, 0.25) is 0 Å². The van der Waals surface area contributed by atoms with E-state index >= 15 is 0 Å². The molecule has 0 saturated carbocycles. The summed E-state index contributed by atoms with van der Waals surface area (Å²) in [5, 5.41) is 10.5. The number of hydrogen-bond donors (Lipinski definition) is 3. The van der Waals surface area contributed by atoms with Gasteiger partial charge in [0, 0.05) is 25.7 Å². The Morgan fingerprint density at radius 2 is 0.488 bits per heavy atom. The fourth-order valence-electron chi connectivity index (χ4n) is 9.46. The summed E-state index contributed by atoms with van der Waals surface area (Å²) in [7, 11) is -9.88. The maximum Gasteiger partial charge on any atom is 0.472 e. The van der Waals surface area contributed by atoms with Crippen molar-refractivity contribution in [2.75, 3.05) is 39.6 Å². The standard InChI is InChI=1S/C63H122O17P2/c1-5-9-13-17-21-25-28-31-34-38-42-46-50-63(68)80-59(54-74-61(66)48-44-40-36-32-29-26-22-18-14-10-6-2)56-78-82(71,72)76-52-57(64)51-75-81(69,70)77-55-58(53-73-60(65)47-43-39-35-24-20-16-12-8-4)79-62(67)49-45-41-37-33-30-27-23-19-15-11-7-3/h57-59,64H,5-56H2,1-4H3,(H,69,70)(H,71,72)/t57-,58+,59+/m0/s1. The first-order valence-electron chi connectivity index (χ1n) is 33.3. The Bertz CT molecular complexity index is 1590. The Morgan fingerprint density at radius 1 is 0.293 bits per heavy atom. The largest absolute Gasteiger partial charge is 0.472 e. The normalized spacial score (nSPS) is 14.2. The lowest BCUT2D eigenvalue weighted by atomic mass is 10.0. The van der Waals surface area contributed by atoms with Crippen molar-refractivity contribution in [3.05, 3.63) is 0 Å². The maximum atomic E-state index is 13.0. The molecule has 19 heteroatoms. The van der Waals surface area contributed by atoms with E-state index in [2.05, 4.69) is 27.7 Å². The minimum Gasteiger partial charge on any atom is -0.462 e. The lowest BCUT2D eigenvalue weighted by molar-refractivity contribution is -0.161. The van der Waals surface area contributed by atoms with E-state index in [1.807, 2.05) is 0 Å². The number of esters is 4. The topological polar surface area (TPSA) is 237 Å². The SMILES string of the molecule is CCCCCCCCCCCCCCC(=O)O[C@H](COC(=O)CCCCCCCCCCCCC)COP(=O)(O)OC[C@@H](O)COP(=O)(O)OC[C@@H](COC(=O)CCCCCCCCCC)OC(=O)CCCCCCCCCCCCC. The molecule has 0 aliphatic rings. The van der Waals surface area contributed by atoms with Gasteiger partial charge in [-0.3, -0.25) is 37.3 Å². The smallest absolute Gasteiger partial charge is 0.462 e. The van der Waals surface area contributed by atoms with Crippen molar-refractivity contribution in [2.24, 2.45) is 0 Å². The summed E-state index contributed by atoms with van der Waals surface area (Å²) >= 11 is 0. The van der Waals surface area contributed by atoms with Gasteiger partial charge in [0.05, 0.1) is 26.4 Å². The number of carbonyl (C=O) groups is 4. The summed E-state index contributed by atoms with van der Waals surface area (Å²) in [5.41, 5.74) is 0. The van der Waals surface area contributed by atoms with E-state index in [-0.39, 0.29) is 25.7 Å². The molecule has 0 spiro atoms. The molecule has 486 valence electrons. The van der Waals surface area contributed by atoms with Gasteiger partial charge < -0.3 is 33.8 Å². The molecule has 0 amide bonds. The first-order chi connectivity index (χ1) is 39.7. The predicted octanol–water partition coefficient (Wildman–Crippen LogP) is 17.5. The van der Waals surface area contributed by atoms with Gasteiger partial charge in [-0.2, -0.15) is 0 Å². The number of aliphatic hydroxyl groups excluding tert-OH is 1. The first kappa shape index (κ1) is 80.1. The maximum absolute atomic E-state index is 13.0. The number of ether oxygens (including phenoxy) is 4. The predicted molar refractivity (Wildman–Crippen MR) is 326 cm³/mol. The van der Waals surface area contributed by atoms with Crippen LogP contribution in [0.3, 0.4) is 0 Å². The van der Waals surface area contributed by atoms with Crippen LogP contribution in [-0.2, 0) is 65.4 Å². The zero-order valence-electron chi connectivity index (χ0n) is 52.5. The van der Waals surface area contributed by atoms with Gasteiger partial charge in [-0.15, -0.1) is 0 Å². The van der Waals surface area contributed by atoms with Gasteiger partial charge >= 0.3 is 39.5 Å². The molecule has 0 aliphatic heterocycles. The molecule has 2 unspecified atom stereocenters. The highest BCUT2D eigenvalue weighted by Crippen LogP contribution is 2.45. The van der Waals surface area contributed by atoms with Crippen LogP contribution in [0.15, 0.2) is 0 Å². The second-order valence-corrected chi connectivity index (χ2v) is 25.7. The summed E-state index contributed by atoms with van der Waals surface area (Å²) in [6.45, 7) is 4.86. The van der Waals surface area contributed by atoms with Gasteiger partial charge in [0.1, 0.15) is 19.3 Å². The zero-order chi connectivity index (χ0) is 60.5. The van der Waals surface area contributed by atoms with E-state index in [9.17, 15) is 43.2 Å². The molecule has 5 atom stereocenters. The Morgan fingerprint density at radius 3 is 0.720 bits per heavy atom. The van der Waals surface area contributed by atoms with Crippen LogP contribution in [-0.4, -0.2) is 96.7 Å². The molecular weight excluding hydrogens is 1090 g/mol. The lowest BCUT2D eigenvalue weighted by Crippen LogP contribution is -2.30. The van der Waals surface area contributed by atoms with Crippen molar-refractivity contribution in [2.45, 2.75) is 341 Å². The van der Waals surface area contributed by atoms with Crippen molar-refractivity contribution in [1.29, 1.82) is 0 Å². The zero-order valence-corrected chi connectivity index (χ0v) is 54.2. The molecule has 0 rings (SSSR count). The van der Waals surface area contributed by atoms with Crippen molar-refractivity contribution in [3.8, 4) is 0 Å². The van der Waals surface area contributed by atoms with Crippen LogP contribution in [0, 0.1) is 0 Å². The number of rotatable bonds is 64.